The lowest BCUT2D eigenvalue weighted by Crippen LogP contribution is -2.27. The number of nitrogens with one attached hydrogen (secondary N) is 1. The molecule has 1 aromatic carbocycles. The molecule has 0 radical (unpaired) electrons. The number of hydrogen-bond acceptors (Lipinski definition) is 3. The number of methoxy groups -OCH3 is 1. The molecule has 88 valence electrons. The van der Waals surface area contributed by atoms with Gasteiger partial charge in [-0.15, -0.1) is 0 Å². The number of nitrogens with zero attached hydrogens (tertiary/aromatic N) is 1. The Morgan fingerprint density at radius 1 is 1.24 bits per heavy atom. The zero-order valence-corrected chi connectivity index (χ0v) is 9.56. The second kappa shape index (κ2) is 4.29. The molecular formula is C12H12N2O3. The Kier molecular flexibility index (Phi) is 2.82. The van der Waals surface area contributed by atoms with Gasteiger partial charge in [-0.1, -0.05) is 0 Å². The third-order valence-electron chi connectivity index (χ3n) is 2.49. The molecule has 0 saturated heterocycles. The van der Waals surface area contributed by atoms with Gasteiger partial charge in [0.1, 0.15) is 5.75 Å². The summed E-state index contributed by atoms with van der Waals surface area (Å²) in [5.41, 5.74) is 0.744. The Bertz CT molecular complexity index is 655. The molecule has 0 amide bonds. The van der Waals surface area contributed by atoms with Crippen molar-refractivity contribution >= 4 is 0 Å². The molecule has 0 unspecified atom stereocenters. The van der Waals surface area contributed by atoms with E-state index in [1.54, 1.807) is 19.2 Å². The van der Waals surface area contributed by atoms with E-state index in [9.17, 15) is 9.59 Å². The van der Waals surface area contributed by atoms with E-state index in [-0.39, 0.29) is 0 Å². The molecule has 5 heteroatoms. The fourth-order valence-electron chi connectivity index (χ4n) is 1.63. The Hall–Kier alpha value is -2.30. The molecule has 0 atom stereocenters. The summed E-state index contributed by atoms with van der Waals surface area (Å²) in [5.74, 6) is 0.726. The first-order valence-electron chi connectivity index (χ1n) is 5.09. The summed E-state index contributed by atoms with van der Waals surface area (Å²) in [7, 11) is 1.58. The van der Waals surface area contributed by atoms with E-state index in [0.717, 1.165) is 11.3 Å². The van der Waals surface area contributed by atoms with E-state index in [0.29, 0.717) is 5.69 Å². The van der Waals surface area contributed by atoms with Gasteiger partial charge in [0.15, 0.2) is 0 Å². The van der Waals surface area contributed by atoms with Crippen molar-refractivity contribution < 1.29 is 4.74 Å². The maximum Gasteiger partial charge on any atom is 0.332 e. The van der Waals surface area contributed by atoms with E-state index in [4.69, 9.17) is 4.74 Å². The molecule has 0 fully saturated rings. The molecule has 5 nitrogen and oxygen atoms in total. The summed E-state index contributed by atoms with van der Waals surface area (Å²) in [6, 6.07) is 6.67. The highest BCUT2D eigenvalue weighted by atomic mass is 16.5. The standard InChI is InChI=1S/C12H12N2O3/c1-8-7-9(17-2)3-4-10(8)14-6-5-11(15)13-12(14)16/h3-7H,1-2H3,(H,13,15,16). The van der Waals surface area contributed by atoms with Crippen molar-refractivity contribution in [2.24, 2.45) is 0 Å². The molecular weight excluding hydrogens is 220 g/mol. The number of benzene rings is 1. The van der Waals surface area contributed by atoms with Crippen LogP contribution in [0.25, 0.3) is 5.69 Å². The fourth-order valence-corrected chi connectivity index (χ4v) is 1.63. The van der Waals surface area contributed by atoms with Crippen LogP contribution in [0.3, 0.4) is 0 Å². The highest BCUT2D eigenvalue weighted by Gasteiger charge is 2.04. The molecule has 1 heterocycles. The predicted octanol–water partition coefficient (Wildman–Crippen LogP) is 0.843. The van der Waals surface area contributed by atoms with E-state index >= 15 is 0 Å². The molecule has 0 spiro atoms. The Labute approximate surface area is 97.3 Å². The highest BCUT2D eigenvalue weighted by molar-refractivity contribution is 5.44. The van der Waals surface area contributed by atoms with Crippen molar-refractivity contribution in [3.8, 4) is 11.4 Å². The summed E-state index contributed by atoms with van der Waals surface area (Å²) in [5, 5.41) is 0. The first-order valence-corrected chi connectivity index (χ1v) is 5.09. The summed E-state index contributed by atoms with van der Waals surface area (Å²) >= 11 is 0. The van der Waals surface area contributed by atoms with Crippen LogP contribution in [0.4, 0.5) is 0 Å². The normalized spacial score (nSPS) is 10.2. The SMILES string of the molecule is COc1ccc(-n2ccc(=O)[nH]c2=O)c(C)c1. The van der Waals surface area contributed by atoms with Crippen LogP contribution < -0.4 is 16.0 Å². The van der Waals surface area contributed by atoms with Gasteiger partial charge in [-0.25, -0.2) is 4.79 Å². The van der Waals surface area contributed by atoms with Crippen LogP contribution in [0.5, 0.6) is 5.75 Å². The molecule has 0 aliphatic heterocycles. The average Bonchev–Trinajstić information content (AvgIpc) is 2.30. The molecule has 17 heavy (non-hydrogen) atoms. The quantitative estimate of drug-likeness (QED) is 0.834. The minimum Gasteiger partial charge on any atom is -0.497 e. The van der Waals surface area contributed by atoms with Crippen LogP contribution in [0.15, 0.2) is 40.1 Å². The zero-order valence-electron chi connectivity index (χ0n) is 9.56. The van der Waals surface area contributed by atoms with Gasteiger partial charge in [0.05, 0.1) is 12.8 Å². The van der Waals surface area contributed by atoms with E-state index in [2.05, 4.69) is 4.98 Å². The Morgan fingerprint density at radius 3 is 2.59 bits per heavy atom. The Morgan fingerprint density at radius 2 is 2.00 bits per heavy atom. The number of aromatic amines is 1. The van der Waals surface area contributed by atoms with Crippen molar-refractivity contribution in [1.29, 1.82) is 0 Å². The second-order valence-corrected chi connectivity index (χ2v) is 3.63. The molecule has 1 aromatic heterocycles. The maximum absolute atomic E-state index is 11.6. The Balaban J connectivity index is 2.61. The lowest BCUT2D eigenvalue weighted by molar-refractivity contribution is 0.414. The lowest BCUT2D eigenvalue weighted by atomic mass is 10.2. The van der Waals surface area contributed by atoms with E-state index < -0.39 is 11.2 Å². The first-order chi connectivity index (χ1) is 8.11. The fraction of sp³-hybridized carbons (Fsp3) is 0.167. The van der Waals surface area contributed by atoms with Gasteiger partial charge in [0, 0.05) is 12.3 Å². The smallest absolute Gasteiger partial charge is 0.332 e. The summed E-state index contributed by atoms with van der Waals surface area (Å²) in [6.45, 7) is 1.87. The van der Waals surface area contributed by atoms with Crippen LogP contribution in [-0.2, 0) is 0 Å². The molecule has 2 rings (SSSR count). The van der Waals surface area contributed by atoms with Crippen molar-refractivity contribution in [2.75, 3.05) is 7.11 Å². The molecule has 0 saturated carbocycles. The highest BCUT2D eigenvalue weighted by Crippen LogP contribution is 2.18. The van der Waals surface area contributed by atoms with Gasteiger partial charge in [-0.2, -0.15) is 0 Å². The molecule has 0 bridgehead atoms. The third-order valence-corrected chi connectivity index (χ3v) is 2.49. The summed E-state index contributed by atoms with van der Waals surface area (Å²) < 4.78 is 6.48. The van der Waals surface area contributed by atoms with Gasteiger partial charge in [0.2, 0.25) is 0 Å². The minimum atomic E-state index is -0.453. The van der Waals surface area contributed by atoms with Gasteiger partial charge in [-0.3, -0.25) is 14.3 Å². The molecule has 0 aliphatic carbocycles. The van der Waals surface area contributed by atoms with Gasteiger partial charge in [0.25, 0.3) is 5.56 Å². The number of hydrogen-bond donors (Lipinski definition) is 1. The topological polar surface area (TPSA) is 64.1 Å². The van der Waals surface area contributed by atoms with Gasteiger partial charge in [-0.05, 0) is 30.7 Å². The largest absolute Gasteiger partial charge is 0.497 e. The number of ether oxygens (including phenoxy) is 1. The average molecular weight is 232 g/mol. The maximum atomic E-state index is 11.6. The molecule has 1 N–H and O–H groups in total. The summed E-state index contributed by atoms with van der Waals surface area (Å²) in [6.07, 6.45) is 1.45. The van der Waals surface area contributed by atoms with Crippen LogP contribution in [0.1, 0.15) is 5.56 Å². The number of H-pyrrole nitrogens is 1. The monoisotopic (exact) mass is 232 g/mol. The van der Waals surface area contributed by atoms with Crippen molar-refractivity contribution in [3.63, 3.8) is 0 Å². The van der Waals surface area contributed by atoms with Crippen molar-refractivity contribution in [1.82, 2.24) is 9.55 Å². The van der Waals surface area contributed by atoms with E-state index in [1.165, 1.54) is 16.8 Å². The zero-order chi connectivity index (χ0) is 12.4. The number of rotatable bonds is 2. The molecule has 2 aromatic rings. The number of aryl methyl sites for hydroxylation is 1. The van der Waals surface area contributed by atoms with E-state index in [1.807, 2.05) is 13.0 Å². The van der Waals surface area contributed by atoms with Crippen molar-refractivity contribution in [3.05, 3.63) is 56.9 Å². The van der Waals surface area contributed by atoms with Crippen molar-refractivity contribution in [2.45, 2.75) is 6.92 Å². The van der Waals surface area contributed by atoms with Crippen LogP contribution in [0, 0.1) is 6.92 Å². The van der Waals surface area contributed by atoms with Crippen LogP contribution in [-0.4, -0.2) is 16.7 Å². The third kappa shape index (κ3) is 2.13. The lowest BCUT2D eigenvalue weighted by Gasteiger charge is -2.09. The van der Waals surface area contributed by atoms with Crippen LogP contribution >= 0.6 is 0 Å². The van der Waals surface area contributed by atoms with Gasteiger partial charge >= 0.3 is 5.69 Å². The minimum absolute atomic E-state index is 0.405. The molecule has 0 aliphatic rings. The predicted molar refractivity (Wildman–Crippen MR) is 63.9 cm³/mol. The summed E-state index contributed by atoms with van der Waals surface area (Å²) in [4.78, 5) is 24.8. The van der Waals surface area contributed by atoms with Gasteiger partial charge < -0.3 is 4.74 Å². The number of aromatic nitrogens is 2. The second-order valence-electron chi connectivity index (χ2n) is 3.63. The first kappa shape index (κ1) is 11.2. The van der Waals surface area contributed by atoms with Crippen LogP contribution in [0.2, 0.25) is 0 Å².